The molecule has 0 aliphatic rings. The fraction of sp³-hybridized carbons (Fsp3) is 0.150. The van der Waals surface area contributed by atoms with E-state index >= 15 is 0 Å². The number of carbonyl (C=O) groups excluding carboxylic acids is 1. The largest absolute Gasteiger partial charge is 0.496 e. The minimum absolute atomic E-state index is 0.306. The van der Waals surface area contributed by atoms with Gasteiger partial charge in [0, 0.05) is 6.54 Å². The second-order valence-electron chi connectivity index (χ2n) is 5.93. The Kier molecular flexibility index (Phi) is 6.25. The smallest absolute Gasteiger partial charge is 0.273 e. The van der Waals surface area contributed by atoms with Crippen molar-refractivity contribution in [3.63, 3.8) is 0 Å². The average molecular weight is 378 g/mol. The van der Waals surface area contributed by atoms with E-state index in [-0.39, 0.29) is 5.91 Å². The zero-order valence-electron chi connectivity index (χ0n) is 15.5. The van der Waals surface area contributed by atoms with Crippen molar-refractivity contribution < 1.29 is 9.53 Å². The molecule has 0 aliphatic heterocycles. The molecule has 0 aliphatic carbocycles. The van der Waals surface area contributed by atoms with Crippen molar-refractivity contribution >= 4 is 23.2 Å². The first-order valence-electron chi connectivity index (χ1n) is 8.76. The SMILES string of the molecule is COc1ccccc1C(=O)NNc1ncnc(NCCc2ccccc2)c1N. The fourth-order valence-corrected chi connectivity index (χ4v) is 2.62. The van der Waals surface area contributed by atoms with E-state index in [1.807, 2.05) is 18.2 Å². The van der Waals surface area contributed by atoms with Gasteiger partial charge in [-0.2, -0.15) is 0 Å². The number of para-hydroxylation sites is 1. The molecule has 1 amide bonds. The number of benzene rings is 2. The molecule has 0 atom stereocenters. The number of ether oxygens (including phenoxy) is 1. The number of anilines is 3. The van der Waals surface area contributed by atoms with Gasteiger partial charge >= 0.3 is 0 Å². The fourth-order valence-electron chi connectivity index (χ4n) is 2.62. The summed E-state index contributed by atoms with van der Waals surface area (Å²) in [6.45, 7) is 0.665. The molecule has 0 bridgehead atoms. The van der Waals surface area contributed by atoms with Gasteiger partial charge in [0.05, 0.1) is 12.7 Å². The lowest BCUT2D eigenvalue weighted by molar-refractivity contribution is 0.0959. The molecule has 3 aromatic rings. The second-order valence-corrected chi connectivity index (χ2v) is 5.93. The lowest BCUT2D eigenvalue weighted by Gasteiger charge is -2.14. The number of hydrogen-bond donors (Lipinski definition) is 4. The van der Waals surface area contributed by atoms with Crippen LogP contribution in [0.2, 0.25) is 0 Å². The van der Waals surface area contributed by atoms with E-state index in [1.54, 1.807) is 24.3 Å². The normalized spacial score (nSPS) is 10.2. The van der Waals surface area contributed by atoms with Gasteiger partial charge in [-0.05, 0) is 24.1 Å². The molecule has 1 aromatic heterocycles. The van der Waals surface area contributed by atoms with Crippen molar-refractivity contribution in [1.82, 2.24) is 15.4 Å². The van der Waals surface area contributed by atoms with Crippen molar-refractivity contribution in [2.45, 2.75) is 6.42 Å². The highest BCUT2D eigenvalue weighted by molar-refractivity contribution is 5.97. The van der Waals surface area contributed by atoms with Crippen LogP contribution in [-0.2, 0) is 6.42 Å². The predicted molar refractivity (Wildman–Crippen MR) is 109 cm³/mol. The zero-order chi connectivity index (χ0) is 19.8. The summed E-state index contributed by atoms with van der Waals surface area (Å²) in [4.78, 5) is 20.6. The molecule has 2 aromatic carbocycles. The molecule has 0 fully saturated rings. The summed E-state index contributed by atoms with van der Waals surface area (Å²) in [6, 6.07) is 17.0. The molecule has 144 valence electrons. The molecule has 3 rings (SSSR count). The van der Waals surface area contributed by atoms with Crippen molar-refractivity contribution in [3.05, 3.63) is 72.1 Å². The first kappa shape index (κ1) is 19.0. The number of carbonyl (C=O) groups is 1. The molecule has 0 saturated heterocycles. The van der Waals surface area contributed by atoms with E-state index in [1.165, 1.54) is 19.0 Å². The number of nitrogen functional groups attached to an aromatic ring is 1. The molecule has 8 nitrogen and oxygen atoms in total. The number of hydrazine groups is 1. The molecule has 28 heavy (non-hydrogen) atoms. The minimum atomic E-state index is -0.367. The van der Waals surface area contributed by atoms with E-state index in [2.05, 4.69) is 38.3 Å². The maximum absolute atomic E-state index is 12.4. The Morgan fingerprint density at radius 3 is 2.54 bits per heavy atom. The highest BCUT2D eigenvalue weighted by atomic mass is 16.5. The summed E-state index contributed by atoms with van der Waals surface area (Å²) in [5.41, 5.74) is 13.4. The Balaban J connectivity index is 1.60. The summed E-state index contributed by atoms with van der Waals surface area (Å²) in [7, 11) is 1.51. The van der Waals surface area contributed by atoms with Crippen LogP contribution >= 0.6 is 0 Å². The van der Waals surface area contributed by atoms with Crippen LogP contribution in [0, 0.1) is 0 Å². The van der Waals surface area contributed by atoms with Crippen molar-refractivity contribution in [2.24, 2.45) is 0 Å². The molecule has 1 heterocycles. The van der Waals surface area contributed by atoms with Gasteiger partial charge in [0.15, 0.2) is 11.6 Å². The zero-order valence-corrected chi connectivity index (χ0v) is 15.5. The Morgan fingerprint density at radius 1 is 1.04 bits per heavy atom. The lowest BCUT2D eigenvalue weighted by Crippen LogP contribution is -2.30. The second kappa shape index (κ2) is 9.22. The highest BCUT2D eigenvalue weighted by Crippen LogP contribution is 2.22. The van der Waals surface area contributed by atoms with Crippen LogP contribution in [0.15, 0.2) is 60.9 Å². The van der Waals surface area contributed by atoms with Gasteiger partial charge in [0.2, 0.25) is 0 Å². The summed E-state index contributed by atoms with van der Waals surface area (Å²) in [5, 5.41) is 3.19. The number of nitrogens with zero attached hydrogens (tertiary/aromatic N) is 2. The van der Waals surface area contributed by atoms with E-state index < -0.39 is 0 Å². The van der Waals surface area contributed by atoms with Gasteiger partial charge < -0.3 is 15.8 Å². The molecule has 0 saturated carbocycles. The first-order chi connectivity index (χ1) is 13.7. The van der Waals surface area contributed by atoms with Gasteiger partial charge in [0.1, 0.15) is 17.8 Å². The lowest BCUT2D eigenvalue weighted by atomic mass is 10.1. The number of amides is 1. The van der Waals surface area contributed by atoms with Crippen LogP contribution < -0.4 is 26.6 Å². The average Bonchev–Trinajstić information content (AvgIpc) is 2.74. The van der Waals surface area contributed by atoms with Crippen LogP contribution in [0.4, 0.5) is 17.3 Å². The minimum Gasteiger partial charge on any atom is -0.496 e. The molecule has 8 heteroatoms. The molecule has 5 N–H and O–H groups in total. The van der Waals surface area contributed by atoms with Crippen LogP contribution in [-0.4, -0.2) is 29.5 Å². The molecule has 0 unspecified atom stereocenters. The van der Waals surface area contributed by atoms with Crippen LogP contribution in [0.1, 0.15) is 15.9 Å². The maximum atomic E-state index is 12.4. The number of rotatable bonds is 8. The molecule has 0 radical (unpaired) electrons. The molecule has 0 spiro atoms. The molecular formula is C20H22N6O2. The van der Waals surface area contributed by atoms with E-state index in [9.17, 15) is 4.79 Å². The highest BCUT2D eigenvalue weighted by Gasteiger charge is 2.13. The molecular weight excluding hydrogens is 356 g/mol. The first-order valence-corrected chi connectivity index (χ1v) is 8.76. The number of methoxy groups -OCH3 is 1. The van der Waals surface area contributed by atoms with Crippen LogP contribution in [0.25, 0.3) is 0 Å². The Labute approximate surface area is 163 Å². The number of hydrogen-bond acceptors (Lipinski definition) is 7. The summed E-state index contributed by atoms with van der Waals surface area (Å²) < 4.78 is 5.19. The van der Waals surface area contributed by atoms with Gasteiger partial charge in [-0.1, -0.05) is 42.5 Å². The Bertz CT molecular complexity index is 933. The number of nitrogens with one attached hydrogen (secondary N) is 3. The van der Waals surface area contributed by atoms with E-state index in [4.69, 9.17) is 10.5 Å². The van der Waals surface area contributed by atoms with E-state index in [0.29, 0.717) is 35.2 Å². The van der Waals surface area contributed by atoms with Crippen molar-refractivity contribution in [1.29, 1.82) is 0 Å². The summed E-state index contributed by atoms with van der Waals surface area (Å²) >= 11 is 0. The van der Waals surface area contributed by atoms with E-state index in [0.717, 1.165) is 6.42 Å². The number of aromatic nitrogens is 2. The van der Waals surface area contributed by atoms with Crippen molar-refractivity contribution in [3.8, 4) is 5.75 Å². The Morgan fingerprint density at radius 2 is 1.75 bits per heavy atom. The summed E-state index contributed by atoms with van der Waals surface area (Å²) in [5.74, 6) is 0.912. The quantitative estimate of drug-likeness (QED) is 0.445. The van der Waals surface area contributed by atoms with Crippen molar-refractivity contribution in [2.75, 3.05) is 30.1 Å². The van der Waals surface area contributed by atoms with Gasteiger partial charge in [-0.25, -0.2) is 9.97 Å². The third-order valence-electron chi connectivity index (χ3n) is 4.08. The van der Waals surface area contributed by atoms with Gasteiger partial charge in [0.25, 0.3) is 5.91 Å². The standard InChI is InChI=1S/C20H22N6O2/c1-28-16-10-6-5-9-15(16)20(27)26-25-19-17(21)18(23-13-24-19)22-12-11-14-7-3-2-4-8-14/h2-10,13H,11-12,21H2,1H3,(H,26,27)(H2,22,23,24,25). The third-order valence-corrected chi connectivity index (χ3v) is 4.08. The van der Waals surface area contributed by atoms with Crippen LogP contribution in [0.5, 0.6) is 5.75 Å². The topological polar surface area (TPSA) is 114 Å². The third kappa shape index (κ3) is 4.67. The van der Waals surface area contributed by atoms with Gasteiger partial charge in [-0.15, -0.1) is 0 Å². The predicted octanol–water partition coefficient (Wildman–Crippen LogP) is 2.48. The monoisotopic (exact) mass is 378 g/mol. The van der Waals surface area contributed by atoms with Gasteiger partial charge in [-0.3, -0.25) is 15.6 Å². The number of nitrogens with two attached hydrogens (primary N) is 1. The Hall–Kier alpha value is -3.81. The maximum Gasteiger partial charge on any atom is 0.273 e. The summed E-state index contributed by atoms with van der Waals surface area (Å²) in [6.07, 6.45) is 2.20. The van der Waals surface area contributed by atoms with Crippen LogP contribution in [0.3, 0.4) is 0 Å².